The zero-order valence-corrected chi connectivity index (χ0v) is 9.01. The molecule has 1 aromatic carbocycles. The first-order valence-electron chi connectivity index (χ1n) is 5.10. The van der Waals surface area contributed by atoms with Gasteiger partial charge < -0.3 is 5.73 Å². The number of aromatic nitrogens is 2. The predicted octanol–water partition coefficient (Wildman–Crippen LogP) is 2.21. The summed E-state index contributed by atoms with van der Waals surface area (Å²) in [4.78, 5) is 0. The second-order valence-corrected chi connectivity index (χ2v) is 4.60. The number of nitrogens with two attached hydrogens (primary N) is 1. The van der Waals surface area contributed by atoms with Crippen molar-refractivity contribution in [3.63, 3.8) is 0 Å². The average molecular weight is 222 g/mol. The van der Waals surface area contributed by atoms with E-state index in [9.17, 15) is 0 Å². The van der Waals surface area contributed by atoms with Crippen LogP contribution in [-0.4, -0.2) is 16.7 Å². The molecule has 0 unspecified atom stereocenters. The molecule has 0 amide bonds. The summed E-state index contributed by atoms with van der Waals surface area (Å²) in [6.45, 7) is 0.691. The number of hydrogen-bond donors (Lipinski definition) is 2. The number of aromatic amines is 1. The first-order valence-corrected chi connectivity index (χ1v) is 5.48. The van der Waals surface area contributed by atoms with E-state index in [4.69, 9.17) is 17.3 Å². The number of fused-ring (bicyclic) bond motifs is 1. The van der Waals surface area contributed by atoms with Crippen LogP contribution in [0.25, 0.3) is 10.9 Å². The molecule has 0 aliphatic heterocycles. The van der Waals surface area contributed by atoms with Gasteiger partial charge in [-0.15, -0.1) is 0 Å². The summed E-state index contributed by atoms with van der Waals surface area (Å²) in [5.74, 6) is 0. The van der Waals surface area contributed by atoms with Crippen molar-refractivity contribution in [1.82, 2.24) is 10.2 Å². The lowest BCUT2D eigenvalue weighted by atomic mass is 9.94. The van der Waals surface area contributed by atoms with Gasteiger partial charge >= 0.3 is 0 Å². The molecule has 1 fully saturated rings. The maximum absolute atomic E-state index is 6.01. The monoisotopic (exact) mass is 221 g/mol. The first-order chi connectivity index (χ1) is 7.27. The standard InChI is InChI=1S/C11H12ClN3/c12-10-7-2-1-3-8(9(7)14-15-10)11(6-13)4-5-11/h1-3H,4-6,13H2,(H,14,15). The summed E-state index contributed by atoms with van der Waals surface area (Å²) in [6, 6.07) is 6.12. The van der Waals surface area contributed by atoms with Crippen LogP contribution in [0.3, 0.4) is 0 Å². The summed E-state index contributed by atoms with van der Waals surface area (Å²) < 4.78 is 0. The highest BCUT2D eigenvalue weighted by molar-refractivity contribution is 6.34. The Morgan fingerprint density at radius 2 is 2.27 bits per heavy atom. The summed E-state index contributed by atoms with van der Waals surface area (Å²) in [5.41, 5.74) is 8.21. The number of H-pyrrole nitrogens is 1. The molecule has 1 aliphatic rings. The minimum Gasteiger partial charge on any atom is -0.330 e. The molecule has 2 aromatic rings. The van der Waals surface area contributed by atoms with Crippen molar-refractivity contribution in [3.05, 3.63) is 28.9 Å². The van der Waals surface area contributed by atoms with E-state index >= 15 is 0 Å². The molecule has 1 heterocycles. The number of halogens is 1. The second-order valence-electron chi connectivity index (χ2n) is 4.22. The Labute approximate surface area is 92.6 Å². The van der Waals surface area contributed by atoms with Gasteiger partial charge in [0.1, 0.15) is 5.15 Å². The second kappa shape index (κ2) is 2.97. The smallest absolute Gasteiger partial charge is 0.132 e. The normalized spacial score (nSPS) is 18.3. The van der Waals surface area contributed by atoms with Crippen LogP contribution < -0.4 is 5.73 Å². The average Bonchev–Trinajstić information content (AvgIpc) is 2.98. The topological polar surface area (TPSA) is 54.7 Å². The summed E-state index contributed by atoms with van der Waals surface area (Å²) in [5, 5.41) is 8.68. The third kappa shape index (κ3) is 1.20. The van der Waals surface area contributed by atoms with Gasteiger partial charge in [0.05, 0.1) is 5.52 Å². The van der Waals surface area contributed by atoms with Gasteiger partial charge in [0.2, 0.25) is 0 Å². The van der Waals surface area contributed by atoms with Crippen LogP contribution in [0.4, 0.5) is 0 Å². The zero-order valence-electron chi connectivity index (χ0n) is 8.26. The Morgan fingerprint density at radius 3 is 2.93 bits per heavy atom. The van der Waals surface area contributed by atoms with Crippen molar-refractivity contribution in [2.45, 2.75) is 18.3 Å². The summed E-state index contributed by atoms with van der Waals surface area (Å²) in [7, 11) is 0. The Bertz CT molecular complexity index is 514. The molecule has 3 N–H and O–H groups in total. The van der Waals surface area contributed by atoms with Gasteiger partial charge in [0.25, 0.3) is 0 Å². The van der Waals surface area contributed by atoms with Gasteiger partial charge in [0.15, 0.2) is 0 Å². The lowest BCUT2D eigenvalue weighted by molar-refractivity contribution is 0.709. The van der Waals surface area contributed by atoms with E-state index < -0.39 is 0 Å². The maximum atomic E-state index is 6.01. The predicted molar refractivity (Wildman–Crippen MR) is 61.1 cm³/mol. The van der Waals surface area contributed by atoms with Gasteiger partial charge in [-0.3, -0.25) is 5.10 Å². The van der Waals surface area contributed by atoms with Crippen LogP contribution in [0.2, 0.25) is 5.15 Å². The van der Waals surface area contributed by atoms with E-state index in [1.807, 2.05) is 12.1 Å². The molecule has 3 rings (SSSR count). The van der Waals surface area contributed by atoms with E-state index in [1.165, 1.54) is 5.56 Å². The van der Waals surface area contributed by atoms with Crippen LogP contribution in [-0.2, 0) is 5.41 Å². The lowest BCUT2D eigenvalue weighted by Gasteiger charge is -2.12. The van der Waals surface area contributed by atoms with Crippen molar-refractivity contribution >= 4 is 22.5 Å². The van der Waals surface area contributed by atoms with E-state index in [2.05, 4.69) is 16.3 Å². The molecule has 1 saturated carbocycles. The number of benzene rings is 1. The molecule has 0 bridgehead atoms. The number of nitrogens with one attached hydrogen (secondary N) is 1. The Morgan fingerprint density at radius 1 is 1.47 bits per heavy atom. The van der Waals surface area contributed by atoms with E-state index in [-0.39, 0.29) is 5.41 Å². The van der Waals surface area contributed by atoms with Crippen LogP contribution in [0.15, 0.2) is 18.2 Å². The molecule has 0 saturated heterocycles. The van der Waals surface area contributed by atoms with Gasteiger partial charge in [-0.2, -0.15) is 5.10 Å². The zero-order chi connectivity index (χ0) is 10.5. The Hall–Kier alpha value is -1.06. The molecule has 1 aromatic heterocycles. The van der Waals surface area contributed by atoms with Gasteiger partial charge in [-0.25, -0.2) is 0 Å². The van der Waals surface area contributed by atoms with Gasteiger partial charge in [-0.1, -0.05) is 23.7 Å². The fourth-order valence-electron chi connectivity index (χ4n) is 2.17. The molecular formula is C11H12ClN3. The minimum absolute atomic E-state index is 0.165. The van der Waals surface area contributed by atoms with Crippen LogP contribution in [0.1, 0.15) is 18.4 Å². The molecule has 0 spiro atoms. The van der Waals surface area contributed by atoms with E-state index in [0.717, 1.165) is 23.7 Å². The molecule has 4 heteroatoms. The fraction of sp³-hybridized carbons (Fsp3) is 0.364. The largest absolute Gasteiger partial charge is 0.330 e. The number of hydrogen-bond acceptors (Lipinski definition) is 2. The first kappa shape index (κ1) is 9.19. The highest BCUT2D eigenvalue weighted by Crippen LogP contribution is 2.49. The number of nitrogens with zero attached hydrogens (tertiary/aromatic N) is 1. The molecule has 0 atom stereocenters. The van der Waals surface area contributed by atoms with E-state index in [1.54, 1.807) is 0 Å². The van der Waals surface area contributed by atoms with Crippen molar-refractivity contribution in [1.29, 1.82) is 0 Å². The fourth-order valence-corrected chi connectivity index (χ4v) is 2.36. The highest BCUT2D eigenvalue weighted by Gasteiger charge is 2.44. The minimum atomic E-state index is 0.165. The van der Waals surface area contributed by atoms with Crippen molar-refractivity contribution < 1.29 is 0 Å². The quantitative estimate of drug-likeness (QED) is 0.817. The lowest BCUT2D eigenvalue weighted by Crippen LogP contribution is -2.19. The van der Waals surface area contributed by atoms with E-state index in [0.29, 0.717) is 11.7 Å². The molecule has 1 aliphatic carbocycles. The highest BCUT2D eigenvalue weighted by atomic mass is 35.5. The Kier molecular flexibility index (Phi) is 1.82. The van der Waals surface area contributed by atoms with Gasteiger partial charge in [0, 0.05) is 17.3 Å². The molecule has 3 nitrogen and oxygen atoms in total. The SMILES string of the molecule is NCC1(c2cccc3c(Cl)[nH]nc23)CC1. The van der Waals surface area contributed by atoms with Crippen molar-refractivity contribution in [2.75, 3.05) is 6.54 Å². The molecular weight excluding hydrogens is 210 g/mol. The summed E-state index contributed by atoms with van der Waals surface area (Å²) in [6.07, 6.45) is 2.32. The van der Waals surface area contributed by atoms with Crippen molar-refractivity contribution in [2.24, 2.45) is 5.73 Å². The molecule has 0 radical (unpaired) electrons. The summed E-state index contributed by atoms with van der Waals surface area (Å²) >= 11 is 6.01. The Balaban J connectivity index is 2.27. The third-order valence-corrected chi connectivity index (χ3v) is 3.64. The molecule has 78 valence electrons. The van der Waals surface area contributed by atoms with Gasteiger partial charge in [-0.05, 0) is 24.5 Å². The third-order valence-electron chi connectivity index (χ3n) is 3.35. The maximum Gasteiger partial charge on any atom is 0.132 e. The van der Waals surface area contributed by atoms with Crippen LogP contribution >= 0.6 is 11.6 Å². The number of rotatable bonds is 2. The molecule has 15 heavy (non-hydrogen) atoms. The van der Waals surface area contributed by atoms with Crippen LogP contribution in [0.5, 0.6) is 0 Å². The van der Waals surface area contributed by atoms with Crippen LogP contribution in [0, 0.1) is 0 Å². The van der Waals surface area contributed by atoms with Crippen molar-refractivity contribution in [3.8, 4) is 0 Å². The number of para-hydroxylation sites is 1.